The summed E-state index contributed by atoms with van der Waals surface area (Å²) in [5, 5.41) is 11.2. The number of hydrogen-bond donors (Lipinski definition) is 2. The highest BCUT2D eigenvalue weighted by Crippen LogP contribution is 2.17. The molecule has 0 saturated carbocycles. The first-order valence-electron chi connectivity index (χ1n) is 6.22. The monoisotopic (exact) mass is 304 g/mol. The van der Waals surface area contributed by atoms with Crippen molar-refractivity contribution < 1.29 is 14.3 Å². The average Bonchev–Trinajstić information content (AvgIpc) is 2.88. The molecule has 0 aliphatic heterocycles. The summed E-state index contributed by atoms with van der Waals surface area (Å²) >= 11 is 1.23. The summed E-state index contributed by atoms with van der Waals surface area (Å²) < 4.78 is 13.8. The number of nitrogens with one attached hydrogen (secondary N) is 1. The van der Waals surface area contributed by atoms with Crippen LogP contribution < -0.4 is 5.32 Å². The second-order valence-corrected chi connectivity index (χ2v) is 5.05. The Morgan fingerprint density at radius 2 is 2.33 bits per heavy atom. The predicted molar refractivity (Wildman–Crippen MR) is 79.8 cm³/mol. The molecular weight excluding hydrogens is 291 g/mol. The average molecular weight is 304 g/mol. The lowest BCUT2D eigenvalue weighted by atomic mass is 10.2. The van der Waals surface area contributed by atoms with Gasteiger partial charge in [0.15, 0.2) is 0 Å². The number of aryl methyl sites for hydroxylation is 1. The molecule has 108 valence electrons. The van der Waals surface area contributed by atoms with Gasteiger partial charge >= 0.3 is 0 Å². The highest BCUT2D eigenvalue weighted by atomic mass is 32.1. The Morgan fingerprint density at radius 1 is 1.52 bits per heavy atom. The number of carbonyl (C=O) groups excluding carboxylic acids is 1. The van der Waals surface area contributed by atoms with Crippen LogP contribution in [0.15, 0.2) is 23.7 Å². The van der Waals surface area contributed by atoms with Gasteiger partial charge in [0.05, 0.1) is 23.4 Å². The molecule has 2 aromatic rings. The minimum absolute atomic E-state index is 0.0586. The maximum absolute atomic E-state index is 13.8. The first-order valence-corrected chi connectivity index (χ1v) is 7.10. The molecule has 21 heavy (non-hydrogen) atoms. The molecule has 1 amide bonds. The fourth-order valence-corrected chi connectivity index (χ4v) is 2.31. The molecule has 0 bridgehead atoms. The maximum atomic E-state index is 13.8. The largest absolute Gasteiger partial charge is 0.395 e. The number of amides is 1. The van der Waals surface area contributed by atoms with Gasteiger partial charge in [-0.15, -0.1) is 11.3 Å². The van der Waals surface area contributed by atoms with Crippen molar-refractivity contribution in [2.45, 2.75) is 13.3 Å². The lowest BCUT2D eigenvalue weighted by molar-refractivity contribution is 0.103. The van der Waals surface area contributed by atoms with Crippen LogP contribution in [-0.2, 0) is 0 Å². The first-order chi connectivity index (χ1) is 10.1. The summed E-state index contributed by atoms with van der Waals surface area (Å²) in [7, 11) is 0. The molecule has 1 aromatic heterocycles. The van der Waals surface area contributed by atoms with Crippen molar-refractivity contribution in [3.8, 4) is 11.8 Å². The minimum Gasteiger partial charge on any atom is -0.395 e. The third-order valence-corrected chi connectivity index (χ3v) is 3.57. The van der Waals surface area contributed by atoms with Crippen LogP contribution in [-0.4, -0.2) is 22.6 Å². The normalized spacial score (nSPS) is 9.86. The van der Waals surface area contributed by atoms with Crippen molar-refractivity contribution >= 4 is 22.9 Å². The van der Waals surface area contributed by atoms with Gasteiger partial charge in [-0.1, -0.05) is 11.8 Å². The molecule has 0 aliphatic rings. The van der Waals surface area contributed by atoms with E-state index in [0.717, 1.165) is 0 Å². The Hall–Kier alpha value is -2.23. The summed E-state index contributed by atoms with van der Waals surface area (Å²) in [6.45, 7) is 1.68. The van der Waals surface area contributed by atoms with Crippen molar-refractivity contribution in [3.05, 3.63) is 45.7 Å². The number of carbonyl (C=O) groups is 1. The van der Waals surface area contributed by atoms with Gasteiger partial charge in [-0.3, -0.25) is 4.79 Å². The van der Waals surface area contributed by atoms with E-state index in [-0.39, 0.29) is 18.1 Å². The number of aliphatic hydroxyl groups is 1. The SMILES string of the molecule is Cc1ncsc1C(=O)Nc1ccc(C#CCCO)c(F)c1. The van der Waals surface area contributed by atoms with Crippen LogP contribution in [0.5, 0.6) is 0 Å². The van der Waals surface area contributed by atoms with Gasteiger partial charge in [-0.25, -0.2) is 9.37 Å². The van der Waals surface area contributed by atoms with Gasteiger partial charge in [0.25, 0.3) is 5.91 Å². The van der Waals surface area contributed by atoms with E-state index in [1.807, 2.05) is 0 Å². The third kappa shape index (κ3) is 3.88. The van der Waals surface area contributed by atoms with Gasteiger partial charge in [0.2, 0.25) is 0 Å². The van der Waals surface area contributed by atoms with Crippen molar-refractivity contribution in [1.82, 2.24) is 4.98 Å². The number of halogens is 1. The van der Waals surface area contributed by atoms with Crippen LogP contribution in [0.1, 0.15) is 27.3 Å². The van der Waals surface area contributed by atoms with Crippen LogP contribution in [0, 0.1) is 24.6 Å². The Labute approximate surface area is 125 Å². The number of aliphatic hydroxyl groups excluding tert-OH is 1. The number of nitrogens with zero attached hydrogens (tertiary/aromatic N) is 1. The van der Waals surface area contributed by atoms with Crippen LogP contribution in [0.25, 0.3) is 0 Å². The Morgan fingerprint density at radius 3 is 2.95 bits per heavy atom. The smallest absolute Gasteiger partial charge is 0.267 e. The standard InChI is InChI=1S/C15H13FN2O2S/c1-10-14(21-9-17-10)15(20)18-12-6-5-11(13(16)8-12)4-2-3-7-19/h5-6,8-9,19H,3,7H2,1H3,(H,18,20). The van der Waals surface area contributed by atoms with Gasteiger partial charge < -0.3 is 10.4 Å². The summed E-state index contributed by atoms with van der Waals surface area (Å²) in [6, 6.07) is 4.30. The summed E-state index contributed by atoms with van der Waals surface area (Å²) in [5.41, 5.74) is 2.82. The molecule has 2 rings (SSSR count). The number of thiazole rings is 1. The van der Waals surface area contributed by atoms with Crippen molar-refractivity contribution in [3.63, 3.8) is 0 Å². The van der Waals surface area contributed by atoms with E-state index in [9.17, 15) is 9.18 Å². The van der Waals surface area contributed by atoms with E-state index in [1.54, 1.807) is 18.5 Å². The molecule has 0 spiro atoms. The zero-order valence-electron chi connectivity index (χ0n) is 11.3. The second-order valence-electron chi connectivity index (χ2n) is 4.19. The lowest BCUT2D eigenvalue weighted by Gasteiger charge is -2.05. The quantitative estimate of drug-likeness (QED) is 0.857. The van der Waals surface area contributed by atoms with Gasteiger partial charge in [-0.2, -0.15) is 0 Å². The number of benzene rings is 1. The van der Waals surface area contributed by atoms with Crippen molar-refractivity contribution in [2.75, 3.05) is 11.9 Å². The zero-order valence-corrected chi connectivity index (χ0v) is 12.1. The summed E-state index contributed by atoms with van der Waals surface area (Å²) in [6.07, 6.45) is 0.294. The van der Waals surface area contributed by atoms with E-state index in [0.29, 0.717) is 22.7 Å². The molecule has 0 atom stereocenters. The molecule has 0 saturated heterocycles. The molecule has 1 aromatic carbocycles. The molecule has 0 aliphatic carbocycles. The van der Waals surface area contributed by atoms with E-state index in [1.165, 1.54) is 23.5 Å². The van der Waals surface area contributed by atoms with Crippen LogP contribution >= 0.6 is 11.3 Å². The van der Waals surface area contributed by atoms with Crippen LogP contribution in [0.4, 0.5) is 10.1 Å². The van der Waals surface area contributed by atoms with E-state index >= 15 is 0 Å². The molecule has 0 unspecified atom stereocenters. The summed E-state index contributed by atoms with van der Waals surface area (Å²) in [5.74, 6) is 4.45. The molecule has 6 heteroatoms. The molecule has 4 nitrogen and oxygen atoms in total. The second kappa shape index (κ2) is 6.97. The molecule has 2 N–H and O–H groups in total. The van der Waals surface area contributed by atoms with Crippen molar-refractivity contribution in [1.29, 1.82) is 0 Å². The Kier molecular flexibility index (Phi) is 5.04. The van der Waals surface area contributed by atoms with E-state index < -0.39 is 5.82 Å². The minimum atomic E-state index is -0.515. The fraction of sp³-hybridized carbons (Fsp3) is 0.200. The lowest BCUT2D eigenvalue weighted by Crippen LogP contribution is -2.11. The summed E-state index contributed by atoms with van der Waals surface area (Å²) in [4.78, 5) is 16.5. The predicted octanol–water partition coefficient (Wildman–Crippen LogP) is 2.58. The molecule has 0 radical (unpaired) electrons. The number of rotatable bonds is 3. The zero-order chi connectivity index (χ0) is 15.2. The number of aromatic nitrogens is 1. The van der Waals surface area contributed by atoms with Gasteiger partial charge in [0, 0.05) is 12.1 Å². The molecule has 0 fully saturated rings. The number of hydrogen-bond acceptors (Lipinski definition) is 4. The van der Waals surface area contributed by atoms with Gasteiger partial charge in [-0.05, 0) is 25.1 Å². The number of anilines is 1. The van der Waals surface area contributed by atoms with Crippen molar-refractivity contribution in [2.24, 2.45) is 0 Å². The fourth-order valence-electron chi connectivity index (χ4n) is 1.62. The Bertz CT molecular complexity index is 716. The highest BCUT2D eigenvalue weighted by molar-refractivity contribution is 7.12. The molecular formula is C15H13FN2O2S. The third-order valence-electron chi connectivity index (χ3n) is 2.64. The Balaban J connectivity index is 2.12. The van der Waals surface area contributed by atoms with Gasteiger partial charge in [0.1, 0.15) is 10.7 Å². The van der Waals surface area contributed by atoms with E-state index in [4.69, 9.17) is 5.11 Å². The van der Waals surface area contributed by atoms with Crippen LogP contribution in [0.2, 0.25) is 0 Å². The first kappa shape index (κ1) is 15.2. The molecule has 1 heterocycles. The highest BCUT2D eigenvalue weighted by Gasteiger charge is 2.12. The topological polar surface area (TPSA) is 62.2 Å². The maximum Gasteiger partial charge on any atom is 0.267 e. The van der Waals surface area contributed by atoms with Crippen LogP contribution in [0.3, 0.4) is 0 Å². The van der Waals surface area contributed by atoms with E-state index in [2.05, 4.69) is 22.1 Å².